The first-order valence-electron chi connectivity index (χ1n) is 13.1. The van der Waals surface area contributed by atoms with Crippen molar-refractivity contribution in [2.75, 3.05) is 0 Å². The fourth-order valence-corrected chi connectivity index (χ4v) is 6.44. The number of hydrogen-bond acceptors (Lipinski definition) is 4. The number of benzene rings is 4. The van der Waals surface area contributed by atoms with Crippen LogP contribution in [0.3, 0.4) is 0 Å². The molecule has 0 spiro atoms. The third kappa shape index (κ3) is 5.56. The molecule has 0 saturated carbocycles. The first kappa shape index (κ1) is 25.9. The molecule has 0 radical (unpaired) electrons. The largest absolute Gasteiger partial charge is 0.457 e. The van der Waals surface area contributed by atoms with Crippen LogP contribution in [0.5, 0.6) is 17.2 Å². The van der Waals surface area contributed by atoms with Gasteiger partial charge in [-0.05, 0) is 59.4 Å². The predicted octanol–water partition coefficient (Wildman–Crippen LogP) is 9.76. The molecule has 1 heterocycles. The molecule has 0 aliphatic carbocycles. The second-order valence-corrected chi connectivity index (χ2v) is 12.2. The van der Waals surface area contributed by atoms with Gasteiger partial charge < -0.3 is 13.8 Å². The van der Waals surface area contributed by atoms with Crippen molar-refractivity contribution < 1.29 is 18.3 Å². The molecule has 0 fully saturated rings. The predicted molar refractivity (Wildman–Crippen MR) is 154 cm³/mol. The molecule has 1 aliphatic heterocycles. The SMILES string of the molecule is CC(C)c1ccc(OP(=O)(Oc2ccc(C(C)C)cc2)C2C=C(c3ccccc3)Oc3ccccc32)cc1. The van der Waals surface area contributed by atoms with E-state index in [0.717, 1.165) is 11.1 Å². The second kappa shape index (κ2) is 10.9. The van der Waals surface area contributed by atoms with Crippen molar-refractivity contribution >= 4 is 13.4 Å². The van der Waals surface area contributed by atoms with Gasteiger partial charge in [0.25, 0.3) is 0 Å². The van der Waals surface area contributed by atoms with E-state index in [2.05, 4.69) is 27.7 Å². The molecule has 0 N–H and O–H groups in total. The zero-order chi connectivity index (χ0) is 26.7. The summed E-state index contributed by atoms with van der Waals surface area (Å²) in [7, 11) is -3.86. The minimum atomic E-state index is -3.86. The molecular formula is C33H33O4P. The van der Waals surface area contributed by atoms with Crippen LogP contribution in [0.1, 0.15) is 67.4 Å². The van der Waals surface area contributed by atoms with Crippen molar-refractivity contribution in [1.29, 1.82) is 0 Å². The van der Waals surface area contributed by atoms with Gasteiger partial charge in [-0.15, -0.1) is 0 Å². The van der Waals surface area contributed by atoms with E-state index in [9.17, 15) is 4.57 Å². The van der Waals surface area contributed by atoms with Crippen LogP contribution in [0.4, 0.5) is 0 Å². The molecule has 38 heavy (non-hydrogen) atoms. The topological polar surface area (TPSA) is 44.8 Å². The normalized spacial score (nSPS) is 15.0. The summed E-state index contributed by atoms with van der Waals surface area (Å²) < 4.78 is 33.9. The molecule has 194 valence electrons. The summed E-state index contributed by atoms with van der Waals surface area (Å²) in [5.74, 6) is 3.00. The lowest BCUT2D eigenvalue weighted by Gasteiger charge is -2.30. The third-order valence-corrected chi connectivity index (χ3v) is 8.76. The number of fused-ring (bicyclic) bond motifs is 1. The highest BCUT2D eigenvalue weighted by Crippen LogP contribution is 2.64. The van der Waals surface area contributed by atoms with E-state index in [1.807, 2.05) is 109 Å². The van der Waals surface area contributed by atoms with Gasteiger partial charge in [-0.3, -0.25) is 0 Å². The molecule has 5 heteroatoms. The molecule has 4 aromatic carbocycles. The van der Waals surface area contributed by atoms with Gasteiger partial charge >= 0.3 is 7.60 Å². The van der Waals surface area contributed by atoms with E-state index in [4.69, 9.17) is 13.8 Å². The smallest absolute Gasteiger partial charge is 0.442 e. The lowest BCUT2D eigenvalue weighted by atomic mass is 10.0. The van der Waals surface area contributed by atoms with Gasteiger partial charge in [-0.1, -0.05) is 100 Å². The van der Waals surface area contributed by atoms with Crippen LogP contribution in [0.25, 0.3) is 5.76 Å². The summed E-state index contributed by atoms with van der Waals surface area (Å²) in [6.45, 7) is 8.55. The highest BCUT2D eigenvalue weighted by Gasteiger charge is 2.43. The maximum Gasteiger partial charge on any atom is 0.442 e. The van der Waals surface area contributed by atoms with Gasteiger partial charge in [0.2, 0.25) is 0 Å². The van der Waals surface area contributed by atoms with Gasteiger partial charge in [-0.25, -0.2) is 4.57 Å². The third-order valence-electron chi connectivity index (χ3n) is 6.72. The van der Waals surface area contributed by atoms with Crippen molar-refractivity contribution in [3.05, 3.63) is 131 Å². The molecule has 0 amide bonds. The Kier molecular flexibility index (Phi) is 7.44. The summed E-state index contributed by atoms with van der Waals surface area (Å²) in [4.78, 5) is 0. The van der Waals surface area contributed by atoms with Crippen molar-refractivity contribution in [2.24, 2.45) is 0 Å². The summed E-state index contributed by atoms with van der Waals surface area (Å²) in [6.07, 6.45) is 1.86. The summed E-state index contributed by atoms with van der Waals surface area (Å²) >= 11 is 0. The van der Waals surface area contributed by atoms with Gasteiger partial charge in [0.05, 0.1) is 0 Å². The Labute approximate surface area is 225 Å². The Bertz CT molecular complexity index is 1400. The zero-order valence-electron chi connectivity index (χ0n) is 22.2. The standard InChI is InChI=1S/C33H33O4P/c1-23(2)25-14-18-28(19-15-25)36-38(34,37-29-20-16-26(17-21-29)24(3)4)33-22-32(27-10-6-5-7-11-27)35-31-13-9-8-12-30(31)33/h5-24,33H,1-4H3. The second-order valence-electron chi connectivity index (χ2n) is 10.2. The van der Waals surface area contributed by atoms with Crippen LogP contribution in [0.2, 0.25) is 0 Å². The van der Waals surface area contributed by atoms with E-state index >= 15 is 0 Å². The fraction of sp³-hybridized carbons (Fsp3) is 0.212. The van der Waals surface area contributed by atoms with E-state index in [1.54, 1.807) is 0 Å². The average Bonchev–Trinajstić information content (AvgIpc) is 2.93. The minimum Gasteiger partial charge on any atom is -0.457 e. The van der Waals surface area contributed by atoms with Crippen molar-refractivity contribution in [1.82, 2.24) is 0 Å². The zero-order valence-corrected chi connectivity index (χ0v) is 23.1. The van der Waals surface area contributed by atoms with Gasteiger partial charge in [0.15, 0.2) is 0 Å². The van der Waals surface area contributed by atoms with Crippen LogP contribution in [-0.4, -0.2) is 0 Å². The monoisotopic (exact) mass is 524 g/mol. The number of rotatable bonds is 8. The molecule has 1 atom stereocenters. The van der Waals surface area contributed by atoms with Crippen molar-refractivity contribution in [2.45, 2.75) is 45.2 Å². The Hall–Kier alpha value is -3.75. The van der Waals surface area contributed by atoms with Gasteiger partial charge in [0, 0.05) is 11.1 Å². The highest BCUT2D eigenvalue weighted by molar-refractivity contribution is 7.55. The van der Waals surface area contributed by atoms with Crippen molar-refractivity contribution in [3.63, 3.8) is 0 Å². The van der Waals surface area contributed by atoms with Crippen molar-refractivity contribution in [3.8, 4) is 17.2 Å². The van der Waals surface area contributed by atoms with E-state index in [-0.39, 0.29) is 0 Å². The molecule has 0 bridgehead atoms. The number of allylic oxidation sites excluding steroid dienone is 1. The molecule has 4 nitrogen and oxygen atoms in total. The molecule has 0 saturated heterocycles. The average molecular weight is 525 g/mol. The molecule has 0 aromatic heterocycles. The van der Waals surface area contributed by atoms with Crippen LogP contribution in [0, 0.1) is 0 Å². The Morgan fingerprint density at radius 1 is 0.658 bits per heavy atom. The molecule has 4 aromatic rings. The summed E-state index contributed by atoms with van der Waals surface area (Å²) in [6, 6.07) is 32.9. The lowest BCUT2D eigenvalue weighted by Crippen LogP contribution is -2.15. The first-order valence-corrected chi connectivity index (χ1v) is 14.7. The van der Waals surface area contributed by atoms with Crippen LogP contribution < -0.4 is 13.8 Å². The molecule has 1 unspecified atom stereocenters. The summed E-state index contributed by atoms with van der Waals surface area (Å²) in [5.41, 5.74) is 3.33. The molecule has 1 aliphatic rings. The van der Waals surface area contributed by atoms with Crippen LogP contribution >= 0.6 is 7.60 Å². The molecular weight excluding hydrogens is 491 g/mol. The fourth-order valence-electron chi connectivity index (χ4n) is 4.48. The minimum absolute atomic E-state index is 0.380. The highest BCUT2D eigenvalue weighted by atomic mass is 31.2. The first-order chi connectivity index (χ1) is 18.3. The number of para-hydroxylation sites is 1. The Morgan fingerprint density at radius 3 is 1.68 bits per heavy atom. The van der Waals surface area contributed by atoms with E-state index in [0.29, 0.717) is 34.8 Å². The van der Waals surface area contributed by atoms with Gasteiger partial charge in [-0.2, -0.15) is 0 Å². The maximum atomic E-state index is 14.9. The quantitative estimate of drug-likeness (QED) is 0.215. The summed E-state index contributed by atoms with van der Waals surface area (Å²) in [5, 5.41) is 0. The Balaban J connectivity index is 1.60. The Morgan fingerprint density at radius 2 is 1.16 bits per heavy atom. The van der Waals surface area contributed by atoms with E-state index in [1.165, 1.54) is 11.1 Å². The van der Waals surface area contributed by atoms with Crippen LogP contribution in [-0.2, 0) is 4.57 Å². The lowest BCUT2D eigenvalue weighted by molar-refractivity contribution is 0.375. The van der Waals surface area contributed by atoms with Gasteiger partial charge in [0.1, 0.15) is 28.7 Å². The molecule has 5 rings (SSSR count). The van der Waals surface area contributed by atoms with Crippen LogP contribution in [0.15, 0.2) is 109 Å². The number of ether oxygens (including phenoxy) is 1. The van der Waals surface area contributed by atoms with E-state index < -0.39 is 13.3 Å². The number of hydrogen-bond donors (Lipinski definition) is 0. The maximum absolute atomic E-state index is 14.9.